The number of rotatable bonds is 14. The van der Waals surface area contributed by atoms with Gasteiger partial charge >= 0.3 is 0 Å². The lowest BCUT2D eigenvalue weighted by molar-refractivity contribution is -0.131. The van der Waals surface area contributed by atoms with E-state index in [9.17, 15) is 34.4 Å². The number of aliphatic hydroxyl groups excluding tert-OH is 3. The van der Waals surface area contributed by atoms with Crippen LogP contribution in [0, 0.1) is 11.7 Å². The Labute approximate surface area is 260 Å². The van der Waals surface area contributed by atoms with Crippen LogP contribution in [0.4, 0.5) is 10.1 Å². The van der Waals surface area contributed by atoms with Gasteiger partial charge < -0.3 is 30.3 Å². The van der Waals surface area contributed by atoms with E-state index < -0.39 is 24.9 Å². The molecule has 0 bridgehead atoms. The highest BCUT2D eigenvalue weighted by molar-refractivity contribution is 6.03. The van der Waals surface area contributed by atoms with Crippen LogP contribution in [0.1, 0.15) is 59.4 Å². The van der Waals surface area contributed by atoms with E-state index in [1.165, 1.54) is 18.3 Å². The lowest BCUT2D eigenvalue weighted by atomic mass is 9.78. The third kappa shape index (κ3) is 7.54. The highest BCUT2D eigenvalue weighted by Crippen LogP contribution is 2.46. The molecule has 1 fully saturated rings. The van der Waals surface area contributed by atoms with E-state index in [1.54, 1.807) is 23.2 Å². The summed E-state index contributed by atoms with van der Waals surface area (Å²) in [7, 11) is 0. The van der Waals surface area contributed by atoms with E-state index in [0.29, 0.717) is 43.4 Å². The molecule has 10 heteroatoms. The zero-order valence-electron chi connectivity index (χ0n) is 24.8. The van der Waals surface area contributed by atoms with Crippen molar-refractivity contribution in [3.63, 3.8) is 0 Å². The van der Waals surface area contributed by atoms with Crippen LogP contribution in [0.25, 0.3) is 0 Å². The average molecular weight is 616 g/mol. The van der Waals surface area contributed by atoms with E-state index in [0.717, 1.165) is 22.4 Å². The summed E-state index contributed by atoms with van der Waals surface area (Å²) in [6.07, 6.45) is 4.72. The molecule has 0 radical (unpaired) electrons. The van der Waals surface area contributed by atoms with E-state index >= 15 is 0 Å². The normalized spacial score (nSPS) is 17.3. The number of benzene rings is 3. The fourth-order valence-electron chi connectivity index (χ4n) is 5.80. The smallest absolute Gasteiger partial charge is 0.269 e. The number of anilines is 1. The third-order valence-corrected chi connectivity index (χ3v) is 8.66. The number of β-lactam (4-membered cyclic amide) rings is 1. The van der Waals surface area contributed by atoms with Crippen molar-refractivity contribution in [2.75, 3.05) is 18.1 Å². The summed E-state index contributed by atoms with van der Waals surface area (Å²) in [6, 6.07) is 20.8. The molecule has 1 aromatic heterocycles. The van der Waals surface area contributed by atoms with Gasteiger partial charge in [-0.2, -0.15) is 0 Å². The summed E-state index contributed by atoms with van der Waals surface area (Å²) in [5, 5.41) is 39.8. The molecule has 1 aliphatic rings. The zero-order chi connectivity index (χ0) is 32.0. The Morgan fingerprint density at radius 2 is 1.53 bits per heavy atom. The van der Waals surface area contributed by atoms with Crippen molar-refractivity contribution in [3.8, 4) is 0 Å². The maximum Gasteiger partial charge on any atom is 0.269 e. The second-order valence-electron chi connectivity index (χ2n) is 11.7. The molecular weight excluding hydrogens is 577 g/mol. The third-order valence-electron chi connectivity index (χ3n) is 8.66. The number of carbonyl (C=O) groups excluding carboxylic acids is 1. The second kappa shape index (κ2) is 14.3. The molecule has 9 nitrogen and oxygen atoms in total. The SMILES string of the molecule is O=C1[C@H](CC[C@H](O)c2ccc(F)cc2)[C@@H](c2ccc(CCC(O)(CO)CO)cc2)N1c1ccc(CCc2ncc[nH]c2=O)cc1. The summed E-state index contributed by atoms with van der Waals surface area (Å²) >= 11 is 0. The van der Waals surface area contributed by atoms with Gasteiger partial charge in [0, 0.05) is 18.1 Å². The van der Waals surface area contributed by atoms with Gasteiger partial charge in [0.15, 0.2) is 0 Å². The van der Waals surface area contributed by atoms with Crippen molar-refractivity contribution in [3.05, 3.63) is 129 Å². The first kappa shape index (κ1) is 32.2. The van der Waals surface area contributed by atoms with Gasteiger partial charge in [0.05, 0.1) is 31.3 Å². The van der Waals surface area contributed by atoms with Gasteiger partial charge in [-0.25, -0.2) is 4.39 Å². The first-order chi connectivity index (χ1) is 21.7. The van der Waals surface area contributed by atoms with Gasteiger partial charge in [0.2, 0.25) is 5.91 Å². The quantitative estimate of drug-likeness (QED) is 0.136. The van der Waals surface area contributed by atoms with Crippen LogP contribution in [0.2, 0.25) is 0 Å². The van der Waals surface area contributed by atoms with Crippen LogP contribution in [-0.2, 0) is 24.1 Å². The molecule has 2 heterocycles. The summed E-state index contributed by atoms with van der Waals surface area (Å²) in [6.45, 7) is -1.07. The molecule has 1 aliphatic heterocycles. The highest BCUT2D eigenvalue weighted by Gasteiger charge is 2.48. The Kier molecular flexibility index (Phi) is 10.2. The Morgan fingerprint density at radius 3 is 2.18 bits per heavy atom. The minimum Gasteiger partial charge on any atom is -0.393 e. The topological polar surface area (TPSA) is 147 Å². The molecule has 0 spiro atoms. The number of aromatic amines is 1. The number of aryl methyl sites for hydroxylation is 3. The molecule has 236 valence electrons. The number of nitrogens with one attached hydrogen (secondary N) is 1. The van der Waals surface area contributed by atoms with E-state index in [-0.39, 0.29) is 35.7 Å². The number of amides is 1. The Morgan fingerprint density at radius 1 is 0.889 bits per heavy atom. The van der Waals surface area contributed by atoms with Gasteiger partial charge in [-0.3, -0.25) is 14.6 Å². The van der Waals surface area contributed by atoms with Crippen molar-refractivity contribution < 1.29 is 29.6 Å². The van der Waals surface area contributed by atoms with E-state index in [1.807, 2.05) is 48.5 Å². The largest absolute Gasteiger partial charge is 0.393 e. The molecule has 0 unspecified atom stereocenters. The zero-order valence-corrected chi connectivity index (χ0v) is 24.8. The number of H-pyrrole nitrogens is 1. The van der Waals surface area contributed by atoms with Crippen molar-refractivity contribution in [1.29, 1.82) is 0 Å². The Balaban J connectivity index is 1.32. The molecular formula is C35H38FN3O6. The van der Waals surface area contributed by atoms with Crippen molar-refractivity contribution >= 4 is 11.6 Å². The highest BCUT2D eigenvalue weighted by atomic mass is 19.1. The van der Waals surface area contributed by atoms with Crippen LogP contribution in [0.15, 0.2) is 90.0 Å². The van der Waals surface area contributed by atoms with Crippen LogP contribution < -0.4 is 10.5 Å². The molecule has 0 aliphatic carbocycles. The van der Waals surface area contributed by atoms with Gasteiger partial charge in [0.25, 0.3) is 5.56 Å². The number of halogens is 1. The van der Waals surface area contributed by atoms with Crippen molar-refractivity contribution in [2.45, 2.75) is 56.3 Å². The fraction of sp³-hybridized carbons (Fsp3) is 0.343. The number of carbonyl (C=O) groups is 1. The molecule has 1 amide bonds. The minimum atomic E-state index is -1.55. The minimum absolute atomic E-state index is 0.0564. The van der Waals surface area contributed by atoms with Gasteiger partial charge in [-0.1, -0.05) is 48.5 Å². The first-order valence-corrected chi connectivity index (χ1v) is 15.1. The number of hydrogen-bond acceptors (Lipinski definition) is 7. The average Bonchev–Trinajstić information content (AvgIpc) is 3.07. The van der Waals surface area contributed by atoms with Gasteiger partial charge in [-0.05, 0) is 85.0 Å². The summed E-state index contributed by atoms with van der Waals surface area (Å²) in [5.41, 5.74) is 2.87. The Hall–Kier alpha value is -4.22. The molecule has 3 aromatic carbocycles. The predicted octanol–water partition coefficient (Wildman–Crippen LogP) is 3.56. The lowest BCUT2D eigenvalue weighted by Gasteiger charge is -2.48. The van der Waals surface area contributed by atoms with Gasteiger partial charge in [-0.15, -0.1) is 0 Å². The van der Waals surface area contributed by atoms with Crippen molar-refractivity contribution in [2.24, 2.45) is 5.92 Å². The molecule has 5 rings (SSSR count). The molecule has 0 saturated carbocycles. The molecule has 3 atom stereocenters. The fourth-order valence-corrected chi connectivity index (χ4v) is 5.80. The van der Waals surface area contributed by atoms with E-state index in [2.05, 4.69) is 9.97 Å². The number of aromatic nitrogens is 2. The van der Waals surface area contributed by atoms with Crippen LogP contribution in [0.3, 0.4) is 0 Å². The van der Waals surface area contributed by atoms with E-state index in [4.69, 9.17) is 0 Å². The Bertz CT molecular complexity index is 1620. The predicted molar refractivity (Wildman–Crippen MR) is 167 cm³/mol. The van der Waals surface area contributed by atoms with Gasteiger partial charge in [0.1, 0.15) is 17.1 Å². The maximum atomic E-state index is 13.6. The van der Waals surface area contributed by atoms with Crippen LogP contribution in [0.5, 0.6) is 0 Å². The maximum absolute atomic E-state index is 13.6. The standard InChI is InChI=1S/C35H38FN3O6/c36-27-10-8-25(9-11-27)31(42)16-14-29-32(26-6-1-24(2-7-26)17-18-35(45,21-40)22-41)39(34(29)44)28-12-3-23(4-13-28)5-15-30-33(43)38-20-19-37-30/h1-4,6-13,19-20,29,31-32,40-42,45H,5,14-18,21-22H2,(H,38,43)/t29-,31+,32-/m1/s1. The molecule has 45 heavy (non-hydrogen) atoms. The summed E-state index contributed by atoms with van der Waals surface area (Å²) < 4.78 is 13.4. The first-order valence-electron chi connectivity index (χ1n) is 15.1. The second-order valence-corrected chi connectivity index (χ2v) is 11.7. The molecule has 5 N–H and O–H groups in total. The summed E-state index contributed by atoms with van der Waals surface area (Å²) in [5.74, 6) is -0.817. The van der Waals surface area contributed by atoms with Crippen LogP contribution in [-0.4, -0.2) is 55.1 Å². The monoisotopic (exact) mass is 615 g/mol. The molecule has 4 aromatic rings. The lowest BCUT2D eigenvalue weighted by Crippen LogP contribution is -2.55. The number of nitrogens with zero attached hydrogens (tertiary/aromatic N) is 2. The number of aliphatic hydroxyl groups is 4. The molecule has 1 saturated heterocycles. The summed E-state index contributed by atoms with van der Waals surface area (Å²) in [4.78, 5) is 34.1. The van der Waals surface area contributed by atoms with Crippen molar-refractivity contribution in [1.82, 2.24) is 9.97 Å². The van der Waals surface area contributed by atoms with Crippen LogP contribution >= 0.6 is 0 Å². The number of hydrogen-bond donors (Lipinski definition) is 5.